The first kappa shape index (κ1) is 12.3. The first-order chi connectivity index (χ1) is 6.79. The van der Waals surface area contributed by atoms with Crippen molar-refractivity contribution >= 4 is 8.32 Å². The Morgan fingerprint density at radius 3 is 2.40 bits per heavy atom. The van der Waals surface area contributed by atoms with Crippen molar-refractivity contribution in [2.75, 3.05) is 0 Å². The zero-order valence-corrected chi connectivity index (χ0v) is 11.4. The molecule has 0 aliphatic heterocycles. The molecule has 15 heavy (non-hydrogen) atoms. The summed E-state index contributed by atoms with van der Waals surface area (Å²) < 4.78 is 5.90. The molecule has 0 radical (unpaired) electrons. The predicted molar refractivity (Wildman–Crippen MR) is 69.2 cm³/mol. The van der Waals surface area contributed by atoms with E-state index >= 15 is 0 Å². The quantitative estimate of drug-likeness (QED) is 0.392. The molecule has 0 amide bonds. The summed E-state index contributed by atoms with van der Waals surface area (Å²) in [5, 5.41) is 0. The molecule has 1 aliphatic carbocycles. The minimum Gasteiger partial charge on any atom is -0.545 e. The smallest absolute Gasteiger partial charge is 0.242 e. The number of hydrogen-bond donors (Lipinski definition) is 0. The Labute approximate surface area is 94.7 Å². The van der Waals surface area contributed by atoms with Crippen LogP contribution in [0.3, 0.4) is 0 Å². The molecular formula is C13H22OSi. The van der Waals surface area contributed by atoms with Gasteiger partial charge in [-0.1, -0.05) is 24.8 Å². The molecule has 0 bridgehead atoms. The van der Waals surface area contributed by atoms with Gasteiger partial charge in [0.1, 0.15) is 0 Å². The van der Waals surface area contributed by atoms with Crippen LogP contribution in [0.25, 0.3) is 0 Å². The molecule has 0 saturated carbocycles. The van der Waals surface area contributed by atoms with Gasteiger partial charge in [-0.15, -0.1) is 0 Å². The van der Waals surface area contributed by atoms with Crippen molar-refractivity contribution in [1.82, 2.24) is 0 Å². The maximum Gasteiger partial charge on any atom is 0.242 e. The minimum absolute atomic E-state index is 0.599. The molecule has 0 aromatic heterocycles. The highest BCUT2D eigenvalue weighted by Gasteiger charge is 2.23. The second kappa shape index (κ2) is 4.39. The van der Waals surface area contributed by atoms with Crippen LogP contribution in [0.4, 0.5) is 0 Å². The summed E-state index contributed by atoms with van der Waals surface area (Å²) in [7, 11) is -1.50. The normalized spacial score (nSPS) is 21.1. The van der Waals surface area contributed by atoms with E-state index in [1.54, 1.807) is 0 Å². The van der Waals surface area contributed by atoms with Crippen LogP contribution in [0.2, 0.25) is 19.6 Å². The molecule has 0 fully saturated rings. The van der Waals surface area contributed by atoms with Crippen molar-refractivity contribution < 1.29 is 4.43 Å². The minimum atomic E-state index is -1.50. The monoisotopic (exact) mass is 222 g/mol. The summed E-state index contributed by atoms with van der Waals surface area (Å²) >= 11 is 0. The fourth-order valence-corrected chi connectivity index (χ4v) is 2.63. The van der Waals surface area contributed by atoms with E-state index < -0.39 is 8.32 Å². The van der Waals surface area contributed by atoms with Crippen molar-refractivity contribution in [3.8, 4) is 0 Å². The van der Waals surface area contributed by atoms with Crippen LogP contribution in [-0.4, -0.2) is 8.32 Å². The highest BCUT2D eigenvalue weighted by molar-refractivity contribution is 6.70. The average molecular weight is 222 g/mol. The lowest BCUT2D eigenvalue weighted by Crippen LogP contribution is -2.25. The first-order valence-electron chi connectivity index (χ1n) is 5.52. The summed E-state index contributed by atoms with van der Waals surface area (Å²) in [5.74, 6) is 1.49. The molecular weight excluding hydrogens is 200 g/mol. The highest BCUT2D eigenvalue weighted by Crippen LogP contribution is 2.34. The molecule has 84 valence electrons. The lowest BCUT2D eigenvalue weighted by Gasteiger charge is -2.22. The van der Waals surface area contributed by atoms with Crippen molar-refractivity contribution in [1.29, 1.82) is 0 Å². The maximum absolute atomic E-state index is 5.90. The molecule has 2 heteroatoms. The van der Waals surface area contributed by atoms with Crippen molar-refractivity contribution in [3.05, 3.63) is 36.1 Å². The Morgan fingerprint density at radius 1 is 1.40 bits per heavy atom. The van der Waals surface area contributed by atoms with E-state index in [2.05, 4.69) is 45.8 Å². The second-order valence-corrected chi connectivity index (χ2v) is 9.78. The fourth-order valence-electron chi connectivity index (χ4n) is 1.75. The third-order valence-electron chi connectivity index (χ3n) is 2.60. The topological polar surface area (TPSA) is 9.23 Å². The van der Waals surface area contributed by atoms with Crippen LogP contribution in [0.1, 0.15) is 19.8 Å². The van der Waals surface area contributed by atoms with Crippen molar-refractivity contribution in [2.45, 2.75) is 39.4 Å². The van der Waals surface area contributed by atoms with Gasteiger partial charge in [0, 0.05) is 0 Å². The summed E-state index contributed by atoms with van der Waals surface area (Å²) in [6, 6.07) is 0. The van der Waals surface area contributed by atoms with Crippen LogP contribution in [0.5, 0.6) is 0 Å². The third-order valence-corrected chi connectivity index (χ3v) is 3.46. The van der Waals surface area contributed by atoms with E-state index in [9.17, 15) is 0 Å². The van der Waals surface area contributed by atoms with E-state index in [-0.39, 0.29) is 0 Å². The average Bonchev–Trinajstić information content (AvgIpc) is 2.47. The lowest BCUT2D eigenvalue weighted by molar-refractivity contribution is 0.430. The lowest BCUT2D eigenvalue weighted by atomic mass is 9.98. The molecule has 1 nitrogen and oxygen atoms in total. The Hall–Kier alpha value is -0.763. The second-order valence-electron chi connectivity index (χ2n) is 5.35. The maximum atomic E-state index is 5.90. The summed E-state index contributed by atoms with van der Waals surface area (Å²) in [6.45, 7) is 16.7. The van der Waals surface area contributed by atoms with Crippen LogP contribution >= 0.6 is 0 Å². The molecule has 0 unspecified atom stereocenters. The largest absolute Gasteiger partial charge is 0.545 e. The number of allylic oxidation sites excluding steroid dienone is 3. The predicted octanol–water partition coefficient (Wildman–Crippen LogP) is 4.26. The molecule has 0 heterocycles. The Balaban J connectivity index is 2.54. The van der Waals surface area contributed by atoms with E-state index in [4.69, 9.17) is 4.43 Å². The van der Waals surface area contributed by atoms with Crippen molar-refractivity contribution in [3.63, 3.8) is 0 Å². The van der Waals surface area contributed by atoms with Crippen LogP contribution < -0.4 is 0 Å². The molecule has 0 spiro atoms. The van der Waals surface area contributed by atoms with Gasteiger partial charge in [-0.25, -0.2) is 0 Å². The van der Waals surface area contributed by atoms with Gasteiger partial charge in [-0.05, 0) is 50.9 Å². The summed E-state index contributed by atoms with van der Waals surface area (Å²) in [4.78, 5) is 0. The van der Waals surface area contributed by atoms with E-state index in [1.807, 2.05) is 0 Å². The molecule has 1 atom stereocenters. The van der Waals surface area contributed by atoms with Gasteiger partial charge >= 0.3 is 0 Å². The zero-order chi connectivity index (χ0) is 11.6. The Morgan fingerprint density at radius 2 is 2.00 bits per heavy atom. The Bertz CT molecular complexity index is 307. The van der Waals surface area contributed by atoms with Gasteiger partial charge < -0.3 is 4.43 Å². The molecule has 1 rings (SSSR count). The first-order valence-corrected chi connectivity index (χ1v) is 8.93. The van der Waals surface area contributed by atoms with Gasteiger partial charge in [-0.2, -0.15) is 0 Å². The molecule has 1 aliphatic rings. The van der Waals surface area contributed by atoms with Gasteiger partial charge in [-0.3, -0.25) is 0 Å². The van der Waals surface area contributed by atoms with E-state index in [1.165, 1.54) is 11.1 Å². The number of hydrogen-bond acceptors (Lipinski definition) is 1. The number of rotatable bonds is 4. The summed E-state index contributed by atoms with van der Waals surface area (Å²) in [6.07, 6.45) is 4.40. The van der Waals surface area contributed by atoms with Gasteiger partial charge in [0.2, 0.25) is 8.32 Å². The van der Waals surface area contributed by atoms with Crippen LogP contribution in [0.15, 0.2) is 36.1 Å². The fraction of sp³-hybridized carbons (Fsp3) is 0.538. The van der Waals surface area contributed by atoms with E-state index in [0.717, 1.165) is 18.6 Å². The summed E-state index contributed by atoms with van der Waals surface area (Å²) in [5.41, 5.74) is 2.55. The van der Waals surface area contributed by atoms with Gasteiger partial charge in [0.15, 0.2) is 0 Å². The Kier molecular flexibility index (Phi) is 3.61. The van der Waals surface area contributed by atoms with Crippen LogP contribution in [0, 0.1) is 5.92 Å². The highest BCUT2D eigenvalue weighted by atomic mass is 28.4. The van der Waals surface area contributed by atoms with E-state index in [0.29, 0.717) is 5.92 Å². The van der Waals surface area contributed by atoms with Gasteiger partial charge in [0.25, 0.3) is 0 Å². The molecule has 0 N–H and O–H groups in total. The molecule has 0 aromatic carbocycles. The molecule has 0 aromatic rings. The molecule has 0 saturated heterocycles. The SMILES string of the molecule is C=C(O[Si](C)(C)C)C1=CC[C@H](C(=C)C)C1. The zero-order valence-electron chi connectivity index (χ0n) is 10.4. The van der Waals surface area contributed by atoms with Crippen LogP contribution in [-0.2, 0) is 4.43 Å². The standard InChI is InChI=1S/C13H22OSi/c1-10(2)12-7-8-13(9-12)11(3)14-15(4,5)6/h8,12H,1,3,7,9H2,2,4-6H3/t12-/m0/s1. The third kappa shape index (κ3) is 3.71. The van der Waals surface area contributed by atoms with Gasteiger partial charge in [0.05, 0.1) is 5.76 Å². The van der Waals surface area contributed by atoms with Crippen molar-refractivity contribution in [2.24, 2.45) is 5.92 Å².